The molecule has 0 aromatic heterocycles. The third-order valence-corrected chi connectivity index (χ3v) is 6.62. The van der Waals surface area contributed by atoms with Gasteiger partial charge in [0.15, 0.2) is 0 Å². The Labute approximate surface area is 210 Å². The number of urea groups is 1. The van der Waals surface area contributed by atoms with Crippen molar-refractivity contribution < 1.29 is 19.1 Å². The van der Waals surface area contributed by atoms with Gasteiger partial charge in [0, 0.05) is 23.8 Å². The molecule has 2 aromatic rings. The van der Waals surface area contributed by atoms with Gasteiger partial charge in [0.1, 0.15) is 24.4 Å². The number of likely N-dealkylation sites (tertiary alicyclic amines) is 1. The van der Waals surface area contributed by atoms with Gasteiger partial charge in [-0.3, -0.25) is 14.5 Å². The van der Waals surface area contributed by atoms with Crippen molar-refractivity contribution in [1.82, 2.24) is 10.2 Å². The number of fused-ring (bicyclic) bond motifs is 1. The van der Waals surface area contributed by atoms with Gasteiger partial charge in [-0.1, -0.05) is 43.6 Å². The van der Waals surface area contributed by atoms with Crippen LogP contribution in [0.5, 0.6) is 5.75 Å². The molecular formula is C26H31ClN4O4. The summed E-state index contributed by atoms with van der Waals surface area (Å²) < 4.78 is 6.05. The average Bonchev–Trinajstić information content (AvgIpc) is 2.88. The molecule has 2 aliphatic heterocycles. The molecule has 2 N–H and O–H groups in total. The van der Waals surface area contributed by atoms with Gasteiger partial charge in [-0.2, -0.15) is 0 Å². The number of carbonyl (C=O) groups excluding carboxylic acids is 3. The second kappa shape index (κ2) is 10.2. The maximum Gasteiger partial charge on any atom is 0.320 e. The van der Waals surface area contributed by atoms with E-state index >= 15 is 0 Å². The third-order valence-electron chi connectivity index (χ3n) is 6.39. The number of anilines is 2. The lowest BCUT2D eigenvalue weighted by Gasteiger charge is -2.39. The van der Waals surface area contributed by atoms with Crippen LogP contribution < -0.4 is 20.3 Å². The molecule has 2 heterocycles. The number of halogens is 1. The number of nitrogens with one attached hydrogen (secondary N) is 2. The van der Waals surface area contributed by atoms with Crippen LogP contribution in [0.1, 0.15) is 33.6 Å². The Balaban J connectivity index is 1.55. The van der Waals surface area contributed by atoms with E-state index in [0.717, 1.165) is 12.8 Å². The zero-order chi connectivity index (χ0) is 25.2. The van der Waals surface area contributed by atoms with Crippen molar-refractivity contribution in [3.63, 3.8) is 0 Å². The fourth-order valence-electron chi connectivity index (χ4n) is 4.62. The first-order valence-corrected chi connectivity index (χ1v) is 12.2. The summed E-state index contributed by atoms with van der Waals surface area (Å²) in [6.45, 7) is 7.20. The monoisotopic (exact) mass is 498 g/mol. The number of ether oxygens (including phenoxy) is 1. The van der Waals surface area contributed by atoms with Crippen LogP contribution in [0.3, 0.4) is 0 Å². The van der Waals surface area contributed by atoms with Crippen molar-refractivity contribution in [2.75, 3.05) is 29.9 Å². The molecule has 4 rings (SSSR count). The standard InChI is InChI=1S/C26H31ClN4O4/c1-17-23(29-25(34)28-19-9-6-8-18(27)14-19)24(33)31(20-10-4-5-11-21(20)35-17)15-22(32)30-13-7-12-26(2,3)16-30/h4-6,8-11,14,17,23H,7,12-13,15-16H2,1-3H3,(H2,28,29,34)/t17-,23+/m0/s1. The van der Waals surface area contributed by atoms with E-state index in [-0.39, 0.29) is 17.9 Å². The molecule has 9 heteroatoms. The molecular weight excluding hydrogens is 468 g/mol. The van der Waals surface area contributed by atoms with Crippen LogP contribution in [0, 0.1) is 5.41 Å². The first-order chi connectivity index (χ1) is 16.6. The number of rotatable bonds is 4. The molecule has 2 atom stereocenters. The highest BCUT2D eigenvalue weighted by Crippen LogP contribution is 2.34. The Bertz CT molecular complexity index is 1120. The average molecular weight is 499 g/mol. The maximum atomic E-state index is 13.7. The maximum absolute atomic E-state index is 13.7. The van der Waals surface area contributed by atoms with Crippen molar-refractivity contribution in [2.45, 2.75) is 45.8 Å². The van der Waals surface area contributed by atoms with Crippen LogP contribution >= 0.6 is 11.6 Å². The van der Waals surface area contributed by atoms with Crippen LogP contribution in [0.4, 0.5) is 16.2 Å². The minimum Gasteiger partial charge on any atom is -0.486 e. The van der Waals surface area contributed by atoms with Crippen LogP contribution in [0.2, 0.25) is 5.02 Å². The van der Waals surface area contributed by atoms with Gasteiger partial charge in [0.05, 0.1) is 5.69 Å². The second-order valence-corrected chi connectivity index (χ2v) is 10.3. The van der Waals surface area contributed by atoms with Gasteiger partial charge in [-0.05, 0) is 55.5 Å². The zero-order valence-corrected chi connectivity index (χ0v) is 21.0. The van der Waals surface area contributed by atoms with Gasteiger partial charge >= 0.3 is 6.03 Å². The SMILES string of the molecule is C[C@@H]1Oc2ccccc2N(CC(=O)N2CCCC(C)(C)C2)C(=O)[C@@H]1NC(=O)Nc1cccc(Cl)c1. The number of para-hydroxylation sites is 2. The molecule has 1 saturated heterocycles. The normalized spacial score (nSPS) is 21.4. The lowest BCUT2D eigenvalue weighted by atomic mass is 9.84. The first kappa shape index (κ1) is 24.9. The Morgan fingerprint density at radius 1 is 1.17 bits per heavy atom. The highest BCUT2D eigenvalue weighted by Gasteiger charge is 2.39. The summed E-state index contributed by atoms with van der Waals surface area (Å²) in [5.41, 5.74) is 1.04. The number of nitrogens with zero attached hydrogens (tertiary/aromatic N) is 2. The summed E-state index contributed by atoms with van der Waals surface area (Å²) >= 11 is 6.00. The fourth-order valence-corrected chi connectivity index (χ4v) is 4.81. The van der Waals surface area contributed by atoms with Crippen molar-refractivity contribution in [3.05, 3.63) is 53.6 Å². The molecule has 0 aliphatic carbocycles. The summed E-state index contributed by atoms with van der Waals surface area (Å²) in [5.74, 6) is -0.0504. The van der Waals surface area contributed by atoms with Crippen molar-refractivity contribution >= 4 is 40.8 Å². The fraction of sp³-hybridized carbons (Fsp3) is 0.423. The molecule has 4 amide bonds. The number of carbonyl (C=O) groups is 3. The second-order valence-electron chi connectivity index (χ2n) is 9.88. The molecule has 0 unspecified atom stereocenters. The lowest BCUT2D eigenvalue weighted by molar-refractivity contribution is -0.134. The summed E-state index contributed by atoms with van der Waals surface area (Å²) in [4.78, 5) is 43.0. The predicted octanol–water partition coefficient (Wildman–Crippen LogP) is 4.29. The van der Waals surface area contributed by atoms with E-state index in [1.54, 1.807) is 49.4 Å². The van der Waals surface area contributed by atoms with Crippen LogP contribution in [-0.4, -0.2) is 54.5 Å². The molecule has 0 spiro atoms. The summed E-state index contributed by atoms with van der Waals surface area (Å²) in [6, 6.07) is 12.2. The lowest BCUT2D eigenvalue weighted by Crippen LogP contribution is -2.56. The molecule has 2 aliphatic rings. The predicted molar refractivity (Wildman–Crippen MR) is 136 cm³/mol. The first-order valence-electron chi connectivity index (χ1n) is 11.8. The Morgan fingerprint density at radius 2 is 1.94 bits per heavy atom. The summed E-state index contributed by atoms with van der Waals surface area (Å²) in [6.07, 6.45) is 1.32. The van der Waals surface area contributed by atoms with Crippen LogP contribution in [-0.2, 0) is 9.59 Å². The highest BCUT2D eigenvalue weighted by molar-refractivity contribution is 6.30. The quantitative estimate of drug-likeness (QED) is 0.657. The minimum atomic E-state index is -1.01. The van der Waals surface area contributed by atoms with Crippen molar-refractivity contribution in [3.8, 4) is 5.75 Å². The Hall–Kier alpha value is -3.26. The molecule has 0 saturated carbocycles. The van der Waals surface area contributed by atoms with Gasteiger partial charge in [-0.15, -0.1) is 0 Å². The zero-order valence-electron chi connectivity index (χ0n) is 20.2. The van der Waals surface area contributed by atoms with E-state index in [4.69, 9.17) is 16.3 Å². The molecule has 2 aromatic carbocycles. The summed E-state index contributed by atoms with van der Waals surface area (Å²) in [7, 11) is 0. The van der Waals surface area contributed by atoms with E-state index < -0.39 is 24.1 Å². The molecule has 1 fully saturated rings. The van der Waals surface area contributed by atoms with Crippen LogP contribution in [0.25, 0.3) is 0 Å². The van der Waals surface area contributed by atoms with Gasteiger partial charge in [-0.25, -0.2) is 4.79 Å². The van der Waals surface area contributed by atoms with Crippen molar-refractivity contribution in [1.29, 1.82) is 0 Å². The van der Waals surface area contributed by atoms with Gasteiger partial charge in [0.2, 0.25) is 5.91 Å². The number of piperidine rings is 1. The molecule has 0 bridgehead atoms. The molecule has 35 heavy (non-hydrogen) atoms. The Morgan fingerprint density at radius 3 is 2.69 bits per heavy atom. The van der Waals surface area contributed by atoms with E-state index in [1.807, 2.05) is 11.0 Å². The molecule has 186 valence electrons. The van der Waals surface area contributed by atoms with Gasteiger partial charge < -0.3 is 20.3 Å². The van der Waals surface area contributed by atoms with Gasteiger partial charge in [0.25, 0.3) is 5.91 Å². The highest BCUT2D eigenvalue weighted by atomic mass is 35.5. The number of amides is 4. The largest absolute Gasteiger partial charge is 0.486 e. The minimum absolute atomic E-state index is 0.0365. The number of hydrogen-bond acceptors (Lipinski definition) is 4. The molecule has 0 radical (unpaired) electrons. The molecule has 8 nitrogen and oxygen atoms in total. The number of hydrogen-bond donors (Lipinski definition) is 2. The summed E-state index contributed by atoms with van der Waals surface area (Å²) in [5, 5.41) is 5.89. The third kappa shape index (κ3) is 5.88. The Kier molecular flexibility index (Phi) is 7.21. The van der Waals surface area contributed by atoms with E-state index in [2.05, 4.69) is 24.5 Å². The van der Waals surface area contributed by atoms with Crippen LogP contribution in [0.15, 0.2) is 48.5 Å². The van der Waals surface area contributed by atoms with E-state index in [0.29, 0.717) is 35.2 Å². The van der Waals surface area contributed by atoms with E-state index in [9.17, 15) is 14.4 Å². The smallest absolute Gasteiger partial charge is 0.320 e. The number of benzene rings is 2. The van der Waals surface area contributed by atoms with Crippen molar-refractivity contribution in [2.24, 2.45) is 5.41 Å². The topological polar surface area (TPSA) is 91.0 Å². The van der Waals surface area contributed by atoms with E-state index in [1.165, 1.54) is 4.90 Å².